The number of carbonyl (C=O) groups is 2. The molecule has 0 saturated heterocycles. The number of carboxylic acid groups (broad SMARTS) is 1. The molecular weight excluding hydrogens is 244 g/mol. The van der Waals surface area contributed by atoms with Crippen molar-refractivity contribution in [1.29, 1.82) is 0 Å². The summed E-state index contributed by atoms with van der Waals surface area (Å²) >= 11 is 0. The van der Waals surface area contributed by atoms with E-state index in [9.17, 15) is 9.59 Å². The Bertz CT molecular complexity index is 480. The van der Waals surface area contributed by atoms with Gasteiger partial charge < -0.3 is 15.3 Å². The molecule has 0 saturated carbocycles. The lowest BCUT2D eigenvalue weighted by molar-refractivity contribution is 0.0697. The monoisotopic (exact) mass is 262 g/mol. The van der Waals surface area contributed by atoms with Crippen LogP contribution >= 0.6 is 0 Å². The molecule has 0 aliphatic heterocycles. The number of rotatable bonds is 5. The predicted molar refractivity (Wildman–Crippen MR) is 73.1 cm³/mol. The van der Waals surface area contributed by atoms with Gasteiger partial charge in [-0.05, 0) is 24.6 Å². The molecule has 2 amide bonds. The molecule has 0 aliphatic carbocycles. The van der Waals surface area contributed by atoms with Gasteiger partial charge in [0.05, 0.1) is 5.56 Å². The number of likely N-dealkylation sites (N-methyl/N-ethyl adjacent to an activating group) is 1. The minimum atomic E-state index is -0.961. The third-order valence-corrected chi connectivity index (χ3v) is 2.50. The first-order valence-corrected chi connectivity index (χ1v) is 5.85. The number of carboxylic acids is 1. The average molecular weight is 262 g/mol. The molecule has 0 radical (unpaired) electrons. The van der Waals surface area contributed by atoms with Gasteiger partial charge in [-0.1, -0.05) is 24.3 Å². The summed E-state index contributed by atoms with van der Waals surface area (Å²) in [7, 11) is 1.69. The molecule has 0 unspecified atom stereocenters. The number of hydrogen-bond acceptors (Lipinski definition) is 2. The quantitative estimate of drug-likeness (QED) is 0.798. The van der Waals surface area contributed by atoms with Crippen molar-refractivity contribution in [3.8, 4) is 0 Å². The van der Waals surface area contributed by atoms with Crippen LogP contribution in [0.4, 0.5) is 4.79 Å². The van der Waals surface area contributed by atoms with Gasteiger partial charge in [0.15, 0.2) is 0 Å². The lowest BCUT2D eigenvalue weighted by Gasteiger charge is -2.17. The number of nitrogens with zero attached hydrogens (tertiary/aromatic N) is 1. The highest BCUT2D eigenvalue weighted by Gasteiger charge is 2.08. The molecule has 0 heterocycles. The smallest absolute Gasteiger partial charge is 0.335 e. The van der Waals surface area contributed by atoms with Crippen LogP contribution in [0.5, 0.6) is 0 Å². The van der Waals surface area contributed by atoms with Crippen molar-refractivity contribution in [2.45, 2.75) is 13.5 Å². The van der Waals surface area contributed by atoms with Crippen molar-refractivity contribution < 1.29 is 14.7 Å². The predicted octanol–water partition coefficient (Wildman–Crippen LogP) is 2.10. The molecule has 1 aromatic rings. The molecule has 0 atom stereocenters. The number of carbonyl (C=O) groups excluding carboxylic acids is 1. The summed E-state index contributed by atoms with van der Waals surface area (Å²) in [6, 6.07) is 6.21. The van der Waals surface area contributed by atoms with E-state index in [4.69, 9.17) is 5.11 Å². The standard InChI is InChI=1S/C14H18N2O3/c1-10(2)9-16(3)14(19)15-8-11-4-6-12(7-5-11)13(17)18/h4-7H,1,8-9H2,2-3H3,(H,15,19)(H,17,18). The maximum atomic E-state index is 11.7. The number of urea groups is 1. The first kappa shape index (κ1) is 14.8. The Morgan fingerprint density at radius 3 is 2.37 bits per heavy atom. The maximum Gasteiger partial charge on any atom is 0.335 e. The molecular formula is C14H18N2O3. The zero-order valence-electron chi connectivity index (χ0n) is 11.1. The summed E-state index contributed by atoms with van der Waals surface area (Å²) in [6.45, 7) is 6.46. The average Bonchev–Trinajstić information content (AvgIpc) is 2.35. The molecule has 2 N–H and O–H groups in total. The highest BCUT2D eigenvalue weighted by atomic mass is 16.4. The molecule has 0 aromatic heterocycles. The van der Waals surface area contributed by atoms with E-state index in [2.05, 4.69) is 11.9 Å². The van der Waals surface area contributed by atoms with E-state index in [1.807, 2.05) is 6.92 Å². The van der Waals surface area contributed by atoms with Gasteiger partial charge in [0.2, 0.25) is 0 Å². The van der Waals surface area contributed by atoms with Gasteiger partial charge in [0, 0.05) is 20.1 Å². The van der Waals surface area contributed by atoms with Crippen molar-refractivity contribution in [2.75, 3.05) is 13.6 Å². The number of nitrogens with one attached hydrogen (secondary N) is 1. The molecule has 1 rings (SSSR count). The fraction of sp³-hybridized carbons (Fsp3) is 0.286. The van der Waals surface area contributed by atoms with Crippen molar-refractivity contribution in [3.05, 3.63) is 47.5 Å². The molecule has 19 heavy (non-hydrogen) atoms. The van der Waals surface area contributed by atoms with E-state index in [0.717, 1.165) is 11.1 Å². The Hall–Kier alpha value is -2.30. The third kappa shape index (κ3) is 4.83. The van der Waals surface area contributed by atoms with Gasteiger partial charge in [-0.3, -0.25) is 0 Å². The highest BCUT2D eigenvalue weighted by molar-refractivity contribution is 5.87. The van der Waals surface area contributed by atoms with Gasteiger partial charge >= 0.3 is 12.0 Å². The van der Waals surface area contributed by atoms with Gasteiger partial charge in [-0.2, -0.15) is 0 Å². The second-order valence-corrected chi connectivity index (χ2v) is 4.47. The highest BCUT2D eigenvalue weighted by Crippen LogP contribution is 2.04. The van der Waals surface area contributed by atoms with Crippen molar-refractivity contribution in [3.63, 3.8) is 0 Å². The zero-order valence-corrected chi connectivity index (χ0v) is 11.1. The van der Waals surface area contributed by atoms with Crippen LogP contribution < -0.4 is 5.32 Å². The third-order valence-electron chi connectivity index (χ3n) is 2.50. The van der Waals surface area contributed by atoms with Gasteiger partial charge in [-0.15, -0.1) is 0 Å². The summed E-state index contributed by atoms with van der Waals surface area (Å²) in [5.41, 5.74) is 1.99. The van der Waals surface area contributed by atoms with E-state index < -0.39 is 5.97 Å². The van der Waals surface area contributed by atoms with E-state index in [1.165, 1.54) is 17.0 Å². The first-order chi connectivity index (χ1) is 8.90. The molecule has 1 aromatic carbocycles. The number of amides is 2. The molecule has 0 spiro atoms. The molecule has 0 bridgehead atoms. The molecule has 0 fully saturated rings. The van der Waals surface area contributed by atoms with Crippen molar-refractivity contribution in [2.24, 2.45) is 0 Å². The lowest BCUT2D eigenvalue weighted by Crippen LogP contribution is -2.37. The lowest BCUT2D eigenvalue weighted by atomic mass is 10.1. The fourth-order valence-corrected chi connectivity index (χ4v) is 1.55. The summed E-state index contributed by atoms with van der Waals surface area (Å²) in [5, 5.41) is 11.5. The topological polar surface area (TPSA) is 69.6 Å². The zero-order chi connectivity index (χ0) is 14.4. The Kier molecular flexibility index (Phi) is 5.11. The van der Waals surface area contributed by atoms with E-state index in [1.54, 1.807) is 19.2 Å². The Balaban J connectivity index is 2.50. The van der Waals surface area contributed by atoms with E-state index >= 15 is 0 Å². The fourth-order valence-electron chi connectivity index (χ4n) is 1.55. The summed E-state index contributed by atoms with van der Waals surface area (Å²) in [5.74, 6) is -0.961. The number of aromatic carboxylic acids is 1. The van der Waals surface area contributed by atoms with Crippen LogP contribution in [-0.2, 0) is 6.54 Å². The minimum Gasteiger partial charge on any atom is -0.478 e. The normalized spacial score (nSPS) is 9.79. The Morgan fingerprint density at radius 2 is 1.89 bits per heavy atom. The van der Waals surface area contributed by atoms with Crippen LogP contribution in [0.2, 0.25) is 0 Å². The van der Waals surface area contributed by atoms with Crippen LogP contribution in [0.1, 0.15) is 22.8 Å². The Morgan fingerprint density at radius 1 is 1.32 bits per heavy atom. The van der Waals surface area contributed by atoms with E-state index in [-0.39, 0.29) is 11.6 Å². The molecule has 5 nitrogen and oxygen atoms in total. The largest absolute Gasteiger partial charge is 0.478 e. The van der Waals surface area contributed by atoms with Gasteiger partial charge in [0.25, 0.3) is 0 Å². The number of benzene rings is 1. The van der Waals surface area contributed by atoms with E-state index in [0.29, 0.717) is 13.1 Å². The van der Waals surface area contributed by atoms with Crippen molar-refractivity contribution >= 4 is 12.0 Å². The molecule has 5 heteroatoms. The Labute approximate surface area is 112 Å². The SMILES string of the molecule is C=C(C)CN(C)C(=O)NCc1ccc(C(=O)O)cc1. The van der Waals surface area contributed by atoms with Crippen LogP contribution in [0.3, 0.4) is 0 Å². The van der Waals surface area contributed by atoms with Crippen LogP contribution in [0.15, 0.2) is 36.4 Å². The summed E-state index contributed by atoms with van der Waals surface area (Å²) in [6.07, 6.45) is 0. The second-order valence-electron chi connectivity index (χ2n) is 4.47. The van der Waals surface area contributed by atoms with Crippen LogP contribution in [0.25, 0.3) is 0 Å². The van der Waals surface area contributed by atoms with Gasteiger partial charge in [-0.25, -0.2) is 9.59 Å². The molecule has 102 valence electrons. The first-order valence-electron chi connectivity index (χ1n) is 5.85. The number of hydrogen-bond donors (Lipinski definition) is 2. The van der Waals surface area contributed by atoms with Crippen molar-refractivity contribution in [1.82, 2.24) is 10.2 Å². The van der Waals surface area contributed by atoms with Crippen LogP contribution in [0, 0.1) is 0 Å². The minimum absolute atomic E-state index is 0.190. The summed E-state index contributed by atoms with van der Waals surface area (Å²) in [4.78, 5) is 23.9. The van der Waals surface area contributed by atoms with Gasteiger partial charge in [0.1, 0.15) is 0 Å². The maximum absolute atomic E-state index is 11.7. The molecule has 0 aliphatic rings. The van der Waals surface area contributed by atoms with Crippen LogP contribution in [-0.4, -0.2) is 35.6 Å². The second kappa shape index (κ2) is 6.58. The summed E-state index contributed by atoms with van der Waals surface area (Å²) < 4.78 is 0.